The Hall–Kier alpha value is -2.27. The van der Waals surface area contributed by atoms with Gasteiger partial charge in [0.1, 0.15) is 0 Å². The number of rotatable bonds is 4. The van der Waals surface area contributed by atoms with Crippen LogP contribution >= 0.6 is 11.8 Å². The molecule has 26 heavy (non-hydrogen) atoms. The fourth-order valence-electron chi connectivity index (χ4n) is 3.15. The van der Waals surface area contributed by atoms with Crippen molar-refractivity contribution < 1.29 is 9.59 Å². The third-order valence-electron chi connectivity index (χ3n) is 4.91. The van der Waals surface area contributed by atoms with Gasteiger partial charge in [0.2, 0.25) is 5.91 Å². The number of hydrogen-bond acceptors (Lipinski definition) is 3. The lowest BCUT2D eigenvalue weighted by Gasteiger charge is -2.30. The monoisotopic (exact) mass is 366 g/mol. The lowest BCUT2D eigenvalue weighted by Crippen LogP contribution is -2.35. The van der Waals surface area contributed by atoms with Crippen molar-refractivity contribution in [2.45, 2.75) is 44.2 Å². The standard InChI is InChI=1S/C21H22N2O2S/c1-13-3-4-14(2)16(9-13)11-23-18-10-15(21(25)22-17-6-7-17)5-8-19(18)26-12-20(23)24/h3-5,8-10,17H,6-7,11-12H2,1-2H3,(H,22,25). The first-order valence-electron chi connectivity index (χ1n) is 8.95. The van der Waals surface area contributed by atoms with Crippen LogP contribution in [0, 0.1) is 13.8 Å². The molecule has 5 heteroatoms. The number of aryl methyl sites for hydroxylation is 2. The number of amides is 2. The molecule has 1 saturated carbocycles. The Kier molecular flexibility index (Phi) is 4.49. The van der Waals surface area contributed by atoms with E-state index in [2.05, 4.69) is 37.4 Å². The van der Waals surface area contributed by atoms with Crippen molar-refractivity contribution in [3.05, 3.63) is 58.7 Å². The molecule has 134 valence electrons. The van der Waals surface area contributed by atoms with Crippen molar-refractivity contribution in [1.82, 2.24) is 5.32 Å². The minimum Gasteiger partial charge on any atom is -0.349 e. The van der Waals surface area contributed by atoms with E-state index in [1.165, 1.54) is 11.1 Å². The highest BCUT2D eigenvalue weighted by Gasteiger charge is 2.28. The van der Waals surface area contributed by atoms with Crippen molar-refractivity contribution in [3.8, 4) is 0 Å². The summed E-state index contributed by atoms with van der Waals surface area (Å²) in [6.07, 6.45) is 2.12. The maximum absolute atomic E-state index is 12.6. The van der Waals surface area contributed by atoms with Crippen LogP contribution in [0.2, 0.25) is 0 Å². The average molecular weight is 366 g/mol. The Morgan fingerprint density at radius 3 is 2.77 bits per heavy atom. The van der Waals surface area contributed by atoms with Gasteiger partial charge in [-0.15, -0.1) is 11.8 Å². The number of carbonyl (C=O) groups excluding carboxylic acids is 2. The van der Waals surface area contributed by atoms with Crippen molar-refractivity contribution >= 4 is 29.3 Å². The second kappa shape index (κ2) is 6.80. The third-order valence-corrected chi connectivity index (χ3v) is 5.96. The van der Waals surface area contributed by atoms with Crippen LogP contribution in [0.15, 0.2) is 41.3 Å². The van der Waals surface area contributed by atoms with Crippen LogP contribution in [0.4, 0.5) is 5.69 Å². The zero-order valence-corrected chi connectivity index (χ0v) is 15.9. The fourth-order valence-corrected chi connectivity index (χ4v) is 4.07. The molecule has 0 bridgehead atoms. The van der Waals surface area contributed by atoms with Gasteiger partial charge in [-0.05, 0) is 56.0 Å². The number of anilines is 1. The number of fused-ring (bicyclic) bond motifs is 1. The van der Waals surface area contributed by atoms with Crippen molar-refractivity contribution in [2.24, 2.45) is 0 Å². The molecule has 0 radical (unpaired) electrons. The minimum absolute atomic E-state index is 0.0509. The summed E-state index contributed by atoms with van der Waals surface area (Å²) in [7, 11) is 0. The normalized spacial score (nSPS) is 16.4. The summed E-state index contributed by atoms with van der Waals surface area (Å²) in [5.74, 6) is 0.471. The molecule has 2 amide bonds. The Bertz CT molecular complexity index is 890. The van der Waals surface area contributed by atoms with Gasteiger partial charge in [0, 0.05) is 16.5 Å². The van der Waals surface area contributed by atoms with E-state index < -0.39 is 0 Å². The van der Waals surface area contributed by atoms with Crippen molar-refractivity contribution in [2.75, 3.05) is 10.7 Å². The molecule has 2 aliphatic rings. The molecule has 0 atom stereocenters. The maximum Gasteiger partial charge on any atom is 0.251 e. The first-order chi connectivity index (χ1) is 12.5. The van der Waals surface area contributed by atoms with Crippen LogP contribution in [0.25, 0.3) is 0 Å². The summed E-state index contributed by atoms with van der Waals surface area (Å²) in [6.45, 7) is 4.66. The maximum atomic E-state index is 12.6. The van der Waals surface area contributed by atoms with Crippen LogP contribution < -0.4 is 10.2 Å². The van der Waals surface area contributed by atoms with Crippen LogP contribution in [-0.4, -0.2) is 23.6 Å². The van der Waals surface area contributed by atoms with Crippen molar-refractivity contribution in [1.29, 1.82) is 0 Å². The predicted octanol–water partition coefficient (Wildman–Crippen LogP) is 3.83. The summed E-state index contributed by atoms with van der Waals surface area (Å²) in [6, 6.07) is 12.3. The number of thioether (sulfide) groups is 1. The lowest BCUT2D eigenvalue weighted by molar-refractivity contribution is -0.116. The minimum atomic E-state index is -0.0509. The first-order valence-corrected chi connectivity index (χ1v) is 9.94. The highest BCUT2D eigenvalue weighted by atomic mass is 32.2. The number of benzene rings is 2. The zero-order valence-electron chi connectivity index (χ0n) is 15.0. The van der Waals surface area contributed by atoms with E-state index in [4.69, 9.17) is 0 Å². The first kappa shape index (κ1) is 17.2. The molecule has 1 aliphatic carbocycles. The van der Waals surface area contributed by atoms with Gasteiger partial charge in [-0.1, -0.05) is 23.8 Å². The predicted molar refractivity (Wildman–Crippen MR) is 105 cm³/mol. The van der Waals surface area contributed by atoms with Gasteiger partial charge in [0.25, 0.3) is 5.91 Å². The molecule has 4 rings (SSSR count). The highest BCUT2D eigenvalue weighted by Crippen LogP contribution is 2.37. The largest absolute Gasteiger partial charge is 0.349 e. The van der Waals surface area contributed by atoms with Gasteiger partial charge in [0.05, 0.1) is 18.0 Å². The van der Waals surface area contributed by atoms with Crippen molar-refractivity contribution in [3.63, 3.8) is 0 Å². The summed E-state index contributed by atoms with van der Waals surface area (Å²) in [5.41, 5.74) is 4.96. The number of nitrogens with one attached hydrogen (secondary N) is 1. The molecule has 0 saturated heterocycles. The smallest absolute Gasteiger partial charge is 0.251 e. The Morgan fingerprint density at radius 2 is 2.00 bits per heavy atom. The molecule has 2 aromatic rings. The van der Waals surface area contributed by atoms with Gasteiger partial charge in [-0.3, -0.25) is 9.59 Å². The second-order valence-corrected chi connectivity index (χ2v) is 8.15. The Morgan fingerprint density at radius 1 is 1.19 bits per heavy atom. The summed E-state index contributed by atoms with van der Waals surface area (Å²) in [5, 5.41) is 3.02. The quantitative estimate of drug-likeness (QED) is 0.895. The number of carbonyl (C=O) groups is 2. The number of nitrogens with zero attached hydrogens (tertiary/aromatic N) is 1. The van der Waals surface area contributed by atoms with E-state index in [1.807, 2.05) is 23.1 Å². The Labute approximate surface area is 158 Å². The topological polar surface area (TPSA) is 49.4 Å². The molecule has 1 N–H and O–H groups in total. The second-order valence-electron chi connectivity index (χ2n) is 7.13. The lowest BCUT2D eigenvalue weighted by atomic mass is 10.0. The zero-order chi connectivity index (χ0) is 18.3. The van der Waals surface area contributed by atoms with E-state index in [0.717, 1.165) is 29.0 Å². The van der Waals surface area contributed by atoms with Crippen LogP contribution in [0.1, 0.15) is 39.9 Å². The van der Waals surface area contributed by atoms with Gasteiger partial charge >= 0.3 is 0 Å². The van der Waals surface area contributed by atoms with Crippen LogP contribution in [-0.2, 0) is 11.3 Å². The summed E-state index contributed by atoms with van der Waals surface area (Å²) < 4.78 is 0. The van der Waals surface area contributed by atoms with Crippen LogP contribution in [0.3, 0.4) is 0 Å². The fraction of sp³-hybridized carbons (Fsp3) is 0.333. The SMILES string of the molecule is Cc1ccc(C)c(CN2C(=O)CSc3ccc(C(=O)NC4CC4)cc32)c1. The molecular formula is C21H22N2O2S. The molecule has 1 aliphatic heterocycles. The molecule has 2 aromatic carbocycles. The van der Waals surface area contributed by atoms with E-state index in [-0.39, 0.29) is 11.8 Å². The molecule has 0 aromatic heterocycles. The third kappa shape index (κ3) is 3.49. The highest BCUT2D eigenvalue weighted by molar-refractivity contribution is 8.00. The summed E-state index contributed by atoms with van der Waals surface area (Å²) in [4.78, 5) is 27.9. The van der Waals surface area contributed by atoms with Gasteiger partial charge in [-0.25, -0.2) is 0 Å². The van der Waals surface area contributed by atoms with Gasteiger partial charge < -0.3 is 10.2 Å². The van der Waals surface area contributed by atoms with Gasteiger partial charge in [-0.2, -0.15) is 0 Å². The van der Waals surface area contributed by atoms with E-state index in [0.29, 0.717) is 23.9 Å². The number of hydrogen-bond donors (Lipinski definition) is 1. The summed E-state index contributed by atoms with van der Waals surface area (Å²) >= 11 is 1.54. The molecule has 1 fully saturated rings. The van der Waals surface area contributed by atoms with E-state index in [9.17, 15) is 9.59 Å². The van der Waals surface area contributed by atoms with Crippen LogP contribution in [0.5, 0.6) is 0 Å². The molecule has 0 spiro atoms. The molecule has 0 unspecified atom stereocenters. The average Bonchev–Trinajstić information content (AvgIpc) is 3.44. The van der Waals surface area contributed by atoms with E-state index >= 15 is 0 Å². The van der Waals surface area contributed by atoms with Gasteiger partial charge in [0.15, 0.2) is 0 Å². The molecule has 4 nitrogen and oxygen atoms in total. The molecule has 1 heterocycles. The Balaban J connectivity index is 1.66. The van der Waals surface area contributed by atoms with E-state index in [1.54, 1.807) is 11.8 Å². The molecular weight excluding hydrogens is 344 g/mol.